The third-order valence-electron chi connectivity index (χ3n) is 4.23. The zero-order valence-electron chi connectivity index (χ0n) is 16.4. The molecule has 1 amide bonds. The van der Waals surface area contributed by atoms with Crippen molar-refractivity contribution in [2.75, 3.05) is 24.0 Å². The molecule has 6 nitrogen and oxygen atoms in total. The maximum Gasteiger partial charge on any atom is 0.264 e. The van der Waals surface area contributed by atoms with Gasteiger partial charge < -0.3 is 10.1 Å². The van der Waals surface area contributed by atoms with Crippen molar-refractivity contribution in [1.29, 1.82) is 0 Å². The fourth-order valence-corrected chi connectivity index (χ4v) is 4.78. The summed E-state index contributed by atoms with van der Waals surface area (Å²) in [6, 6.07) is 21.8. The van der Waals surface area contributed by atoms with E-state index in [1.54, 1.807) is 66.7 Å². The van der Waals surface area contributed by atoms with Gasteiger partial charge in [-0.15, -0.1) is 0 Å². The van der Waals surface area contributed by atoms with Gasteiger partial charge in [0.2, 0.25) is 5.91 Å². The number of benzene rings is 3. The lowest BCUT2D eigenvalue weighted by Gasteiger charge is -2.24. The number of sulfonamides is 1. The summed E-state index contributed by atoms with van der Waals surface area (Å²) in [5.74, 6) is 0.0584. The molecule has 162 valence electrons. The number of hydrogen-bond acceptors (Lipinski definition) is 4. The minimum absolute atomic E-state index is 0.102. The van der Waals surface area contributed by atoms with E-state index in [4.69, 9.17) is 16.3 Å². The summed E-state index contributed by atoms with van der Waals surface area (Å²) >= 11 is 9.38. The number of hydrogen-bond donors (Lipinski definition) is 1. The fraction of sp³-hybridized carbons (Fsp3) is 0.136. The van der Waals surface area contributed by atoms with E-state index in [2.05, 4.69) is 21.2 Å². The topological polar surface area (TPSA) is 75.7 Å². The van der Waals surface area contributed by atoms with Gasteiger partial charge >= 0.3 is 0 Å². The van der Waals surface area contributed by atoms with Crippen LogP contribution in [0.1, 0.15) is 0 Å². The van der Waals surface area contributed by atoms with Crippen LogP contribution in [0.4, 0.5) is 5.69 Å². The van der Waals surface area contributed by atoms with Gasteiger partial charge in [0.1, 0.15) is 18.9 Å². The Morgan fingerprint density at radius 1 is 1.00 bits per heavy atom. The Kier molecular flexibility index (Phi) is 7.95. The summed E-state index contributed by atoms with van der Waals surface area (Å²) in [4.78, 5) is 12.7. The molecule has 0 fully saturated rings. The summed E-state index contributed by atoms with van der Waals surface area (Å²) in [5.41, 5.74) is 0.376. The molecule has 0 unspecified atom stereocenters. The summed E-state index contributed by atoms with van der Waals surface area (Å²) in [7, 11) is -3.94. The van der Waals surface area contributed by atoms with Crippen molar-refractivity contribution >= 4 is 49.1 Å². The van der Waals surface area contributed by atoms with E-state index >= 15 is 0 Å². The molecule has 3 rings (SSSR count). The molecule has 0 saturated heterocycles. The number of carbonyl (C=O) groups excluding carboxylic acids is 1. The molecule has 9 heteroatoms. The minimum Gasteiger partial charge on any atom is -0.490 e. The van der Waals surface area contributed by atoms with Crippen molar-refractivity contribution < 1.29 is 17.9 Å². The molecule has 0 radical (unpaired) electrons. The van der Waals surface area contributed by atoms with Crippen LogP contribution >= 0.6 is 27.5 Å². The highest BCUT2D eigenvalue weighted by molar-refractivity contribution is 9.10. The highest BCUT2D eigenvalue weighted by atomic mass is 79.9. The quantitative estimate of drug-likeness (QED) is 0.419. The van der Waals surface area contributed by atoms with Crippen LogP contribution in [0.3, 0.4) is 0 Å². The number of carbonyl (C=O) groups is 1. The molecule has 0 heterocycles. The van der Waals surface area contributed by atoms with E-state index in [9.17, 15) is 13.2 Å². The molecule has 0 aliphatic rings. The normalized spacial score (nSPS) is 11.0. The second-order valence-corrected chi connectivity index (χ2v) is 9.62. The number of anilines is 1. The van der Waals surface area contributed by atoms with E-state index in [0.717, 1.165) is 4.31 Å². The van der Waals surface area contributed by atoms with Gasteiger partial charge in [0, 0.05) is 4.47 Å². The lowest BCUT2D eigenvalue weighted by atomic mass is 10.3. The molecule has 0 aliphatic carbocycles. The highest BCUT2D eigenvalue weighted by Crippen LogP contribution is 2.26. The van der Waals surface area contributed by atoms with Gasteiger partial charge in [0.15, 0.2) is 0 Å². The lowest BCUT2D eigenvalue weighted by molar-refractivity contribution is -0.119. The van der Waals surface area contributed by atoms with Crippen LogP contribution in [0.2, 0.25) is 5.02 Å². The minimum atomic E-state index is -3.94. The smallest absolute Gasteiger partial charge is 0.264 e. The molecular formula is C22H20BrClN2O4S. The fourth-order valence-electron chi connectivity index (χ4n) is 2.77. The Morgan fingerprint density at radius 2 is 1.71 bits per heavy atom. The summed E-state index contributed by atoms with van der Waals surface area (Å²) in [6.45, 7) is 0.0132. The standard InChI is InChI=1S/C22H20BrClN2O4S/c23-17-7-6-8-18(15-17)26(31(28,29)19-9-2-1-3-10-19)16-22(27)25-13-14-30-21-12-5-4-11-20(21)24/h1-12,15H,13-14,16H2,(H,25,27). The number of halogens is 2. The number of nitrogens with zero attached hydrogens (tertiary/aromatic N) is 1. The monoisotopic (exact) mass is 522 g/mol. The number of ether oxygens (including phenoxy) is 1. The summed E-state index contributed by atoms with van der Waals surface area (Å²) in [5, 5.41) is 3.16. The number of amides is 1. The molecular weight excluding hydrogens is 504 g/mol. The molecule has 0 bridgehead atoms. The molecule has 0 aliphatic heterocycles. The van der Waals surface area contributed by atoms with Crippen molar-refractivity contribution in [2.24, 2.45) is 0 Å². The van der Waals surface area contributed by atoms with E-state index in [1.807, 2.05) is 0 Å². The predicted octanol–water partition coefficient (Wildman–Crippen LogP) is 4.49. The predicted molar refractivity (Wildman–Crippen MR) is 125 cm³/mol. The number of para-hydroxylation sites is 1. The first kappa shape index (κ1) is 23.1. The van der Waals surface area contributed by atoms with Crippen LogP contribution in [0.15, 0.2) is 88.2 Å². The lowest BCUT2D eigenvalue weighted by Crippen LogP contribution is -2.41. The number of nitrogens with one attached hydrogen (secondary N) is 1. The molecule has 1 N–H and O–H groups in total. The van der Waals surface area contributed by atoms with E-state index in [-0.39, 0.29) is 24.6 Å². The average molecular weight is 524 g/mol. The second kappa shape index (κ2) is 10.7. The Labute approximate surface area is 195 Å². The van der Waals surface area contributed by atoms with Crippen molar-refractivity contribution in [3.63, 3.8) is 0 Å². The molecule has 0 atom stereocenters. The Balaban J connectivity index is 1.70. The molecule has 0 saturated carbocycles. The number of rotatable bonds is 9. The van der Waals surface area contributed by atoms with Gasteiger partial charge in [-0.25, -0.2) is 8.42 Å². The van der Waals surface area contributed by atoms with Crippen molar-refractivity contribution in [1.82, 2.24) is 5.32 Å². The van der Waals surface area contributed by atoms with E-state index < -0.39 is 15.9 Å². The molecule has 31 heavy (non-hydrogen) atoms. The van der Waals surface area contributed by atoms with Gasteiger partial charge in [-0.2, -0.15) is 0 Å². The highest BCUT2D eigenvalue weighted by Gasteiger charge is 2.27. The molecule has 0 aromatic heterocycles. The first-order chi connectivity index (χ1) is 14.9. The van der Waals surface area contributed by atoms with Gasteiger partial charge in [-0.3, -0.25) is 9.10 Å². The van der Waals surface area contributed by atoms with Crippen molar-refractivity contribution in [2.45, 2.75) is 4.90 Å². The maximum absolute atomic E-state index is 13.2. The van der Waals surface area contributed by atoms with Crippen LogP contribution in [-0.2, 0) is 14.8 Å². The van der Waals surface area contributed by atoms with Crippen LogP contribution in [0.5, 0.6) is 5.75 Å². The Bertz CT molecular complexity index is 1140. The van der Waals surface area contributed by atoms with Crippen LogP contribution < -0.4 is 14.4 Å². The SMILES string of the molecule is O=C(CN(c1cccc(Br)c1)S(=O)(=O)c1ccccc1)NCCOc1ccccc1Cl. The van der Waals surface area contributed by atoms with Gasteiger partial charge in [0.05, 0.1) is 22.2 Å². The Morgan fingerprint density at radius 3 is 2.42 bits per heavy atom. The maximum atomic E-state index is 13.2. The van der Waals surface area contributed by atoms with Gasteiger partial charge in [0.25, 0.3) is 10.0 Å². The third kappa shape index (κ3) is 6.22. The van der Waals surface area contributed by atoms with Crippen LogP contribution in [-0.4, -0.2) is 34.0 Å². The van der Waals surface area contributed by atoms with Crippen molar-refractivity contribution in [3.05, 3.63) is 88.4 Å². The second-order valence-electron chi connectivity index (χ2n) is 6.43. The molecule has 3 aromatic carbocycles. The largest absolute Gasteiger partial charge is 0.490 e. The summed E-state index contributed by atoms with van der Waals surface area (Å²) < 4.78 is 33.8. The van der Waals surface area contributed by atoms with Gasteiger partial charge in [-0.05, 0) is 42.5 Å². The van der Waals surface area contributed by atoms with E-state index in [1.165, 1.54) is 12.1 Å². The first-order valence-corrected chi connectivity index (χ1v) is 12.0. The zero-order valence-corrected chi connectivity index (χ0v) is 19.5. The first-order valence-electron chi connectivity index (χ1n) is 9.35. The van der Waals surface area contributed by atoms with Crippen molar-refractivity contribution in [3.8, 4) is 5.75 Å². The molecule has 3 aromatic rings. The Hall–Kier alpha value is -2.55. The zero-order chi connectivity index (χ0) is 22.3. The van der Waals surface area contributed by atoms with Crippen LogP contribution in [0.25, 0.3) is 0 Å². The molecule has 0 spiro atoms. The van der Waals surface area contributed by atoms with Gasteiger partial charge in [-0.1, -0.05) is 63.9 Å². The summed E-state index contributed by atoms with van der Waals surface area (Å²) in [6.07, 6.45) is 0. The van der Waals surface area contributed by atoms with Crippen LogP contribution in [0, 0.1) is 0 Å². The average Bonchev–Trinajstić information content (AvgIpc) is 2.76. The third-order valence-corrected chi connectivity index (χ3v) is 6.83. The van der Waals surface area contributed by atoms with E-state index in [0.29, 0.717) is 20.9 Å².